The number of aliphatic hydroxyl groups is 2. The van der Waals surface area contributed by atoms with Crippen molar-refractivity contribution < 1.29 is 10.2 Å². The first-order valence-corrected chi connectivity index (χ1v) is 8.76. The molecule has 20 heavy (non-hydrogen) atoms. The van der Waals surface area contributed by atoms with Crippen LogP contribution < -0.4 is 0 Å². The second-order valence-corrected chi connectivity index (χ2v) is 7.07. The predicted molar refractivity (Wildman–Crippen MR) is 87.9 cm³/mol. The lowest BCUT2D eigenvalue weighted by molar-refractivity contribution is 0.00161. The quantitative estimate of drug-likeness (QED) is 0.652. The molecule has 1 aliphatic carbocycles. The Morgan fingerprint density at radius 1 is 1.00 bits per heavy atom. The largest absolute Gasteiger partial charge is 0.396 e. The SMILES string of the molecule is CC(C)C1CCC(C)(O)CC1.CCCCCCCCO. The highest BCUT2D eigenvalue weighted by atomic mass is 16.3. The molecule has 1 aliphatic rings. The first-order valence-electron chi connectivity index (χ1n) is 8.76. The van der Waals surface area contributed by atoms with Crippen LogP contribution >= 0.6 is 0 Å². The summed E-state index contributed by atoms with van der Waals surface area (Å²) in [6.07, 6.45) is 11.9. The van der Waals surface area contributed by atoms with Crippen molar-refractivity contribution in [3.8, 4) is 0 Å². The van der Waals surface area contributed by atoms with Crippen LogP contribution in [0.1, 0.15) is 91.9 Å². The van der Waals surface area contributed by atoms with E-state index in [-0.39, 0.29) is 5.60 Å². The molecule has 122 valence electrons. The molecule has 0 heterocycles. The second kappa shape index (κ2) is 11.6. The summed E-state index contributed by atoms with van der Waals surface area (Å²) < 4.78 is 0. The van der Waals surface area contributed by atoms with E-state index in [0.717, 1.165) is 31.1 Å². The topological polar surface area (TPSA) is 40.5 Å². The number of hydrogen-bond donors (Lipinski definition) is 2. The summed E-state index contributed by atoms with van der Waals surface area (Å²) >= 11 is 0. The van der Waals surface area contributed by atoms with Crippen molar-refractivity contribution in [2.24, 2.45) is 11.8 Å². The average molecular weight is 286 g/mol. The van der Waals surface area contributed by atoms with Gasteiger partial charge in [0.2, 0.25) is 0 Å². The minimum absolute atomic E-state index is 0.356. The third-order valence-electron chi connectivity index (χ3n) is 4.56. The summed E-state index contributed by atoms with van der Waals surface area (Å²) in [5.74, 6) is 1.65. The highest BCUT2D eigenvalue weighted by Gasteiger charge is 2.29. The van der Waals surface area contributed by atoms with Gasteiger partial charge in [-0.1, -0.05) is 52.9 Å². The van der Waals surface area contributed by atoms with Crippen LogP contribution in [0.3, 0.4) is 0 Å². The van der Waals surface area contributed by atoms with Gasteiger partial charge in [-0.3, -0.25) is 0 Å². The third kappa shape index (κ3) is 10.7. The summed E-state index contributed by atoms with van der Waals surface area (Å²) in [6.45, 7) is 9.11. The summed E-state index contributed by atoms with van der Waals surface area (Å²) in [6, 6.07) is 0. The van der Waals surface area contributed by atoms with Gasteiger partial charge in [-0.25, -0.2) is 0 Å². The smallest absolute Gasteiger partial charge is 0.0620 e. The number of unbranched alkanes of at least 4 members (excludes halogenated alkanes) is 5. The van der Waals surface area contributed by atoms with E-state index in [9.17, 15) is 5.11 Å². The van der Waals surface area contributed by atoms with E-state index in [1.54, 1.807) is 0 Å². The van der Waals surface area contributed by atoms with Crippen LogP contribution in [0.25, 0.3) is 0 Å². The van der Waals surface area contributed by atoms with Crippen molar-refractivity contribution in [1.29, 1.82) is 0 Å². The van der Waals surface area contributed by atoms with E-state index in [4.69, 9.17) is 5.11 Å². The molecule has 0 amide bonds. The molecule has 0 aromatic carbocycles. The van der Waals surface area contributed by atoms with E-state index in [1.807, 2.05) is 6.92 Å². The Balaban J connectivity index is 0.000000370. The molecule has 0 saturated heterocycles. The van der Waals surface area contributed by atoms with Crippen LogP contribution in [0.4, 0.5) is 0 Å². The first kappa shape index (κ1) is 19.9. The second-order valence-electron chi connectivity index (χ2n) is 7.07. The summed E-state index contributed by atoms with van der Waals surface area (Å²) in [5.41, 5.74) is -0.356. The zero-order valence-corrected chi connectivity index (χ0v) is 14.3. The fourth-order valence-corrected chi connectivity index (χ4v) is 2.82. The summed E-state index contributed by atoms with van der Waals surface area (Å²) in [5, 5.41) is 18.1. The Morgan fingerprint density at radius 3 is 1.95 bits per heavy atom. The average Bonchev–Trinajstić information content (AvgIpc) is 2.39. The fraction of sp³-hybridized carbons (Fsp3) is 1.00. The molecule has 0 unspecified atom stereocenters. The van der Waals surface area contributed by atoms with Gasteiger partial charge in [0.05, 0.1) is 5.60 Å². The van der Waals surface area contributed by atoms with E-state index in [2.05, 4.69) is 20.8 Å². The number of hydrogen-bond acceptors (Lipinski definition) is 2. The maximum atomic E-state index is 9.67. The molecular formula is C18H38O2. The zero-order valence-electron chi connectivity index (χ0n) is 14.3. The van der Waals surface area contributed by atoms with Crippen molar-refractivity contribution in [2.45, 2.75) is 97.5 Å². The van der Waals surface area contributed by atoms with Crippen molar-refractivity contribution >= 4 is 0 Å². The molecule has 0 bridgehead atoms. The lowest BCUT2D eigenvalue weighted by Crippen LogP contribution is -2.31. The van der Waals surface area contributed by atoms with Crippen molar-refractivity contribution in [1.82, 2.24) is 0 Å². The summed E-state index contributed by atoms with van der Waals surface area (Å²) in [7, 11) is 0. The molecule has 0 aliphatic heterocycles. The number of aliphatic hydroxyl groups excluding tert-OH is 1. The molecule has 1 fully saturated rings. The van der Waals surface area contributed by atoms with Gasteiger partial charge in [0.15, 0.2) is 0 Å². The third-order valence-corrected chi connectivity index (χ3v) is 4.56. The van der Waals surface area contributed by atoms with Gasteiger partial charge in [-0.2, -0.15) is 0 Å². The molecule has 1 saturated carbocycles. The first-order chi connectivity index (χ1) is 9.43. The molecule has 0 aromatic heterocycles. The van der Waals surface area contributed by atoms with E-state index >= 15 is 0 Å². The van der Waals surface area contributed by atoms with Gasteiger partial charge in [0.25, 0.3) is 0 Å². The molecule has 1 rings (SSSR count). The normalized spacial score (nSPS) is 26.2. The molecule has 0 spiro atoms. The fourth-order valence-electron chi connectivity index (χ4n) is 2.82. The minimum Gasteiger partial charge on any atom is -0.396 e. The minimum atomic E-state index is -0.356. The maximum absolute atomic E-state index is 9.67. The molecule has 2 heteroatoms. The van der Waals surface area contributed by atoms with Gasteiger partial charge >= 0.3 is 0 Å². The van der Waals surface area contributed by atoms with Gasteiger partial charge in [-0.15, -0.1) is 0 Å². The van der Waals surface area contributed by atoms with Crippen LogP contribution in [-0.4, -0.2) is 22.4 Å². The van der Waals surface area contributed by atoms with Crippen molar-refractivity contribution in [3.63, 3.8) is 0 Å². The Labute approximate surface area is 127 Å². The highest BCUT2D eigenvalue weighted by molar-refractivity contribution is 4.82. The number of rotatable bonds is 7. The van der Waals surface area contributed by atoms with Crippen LogP contribution in [0.2, 0.25) is 0 Å². The Kier molecular flexibility index (Phi) is 11.5. The monoisotopic (exact) mass is 286 g/mol. The van der Waals surface area contributed by atoms with Crippen LogP contribution in [0.15, 0.2) is 0 Å². The van der Waals surface area contributed by atoms with Gasteiger partial charge in [-0.05, 0) is 50.9 Å². The highest BCUT2D eigenvalue weighted by Crippen LogP contribution is 2.35. The molecular weight excluding hydrogens is 248 g/mol. The van der Waals surface area contributed by atoms with Crippen molar-refractivity contribution in [3.05, 3.63) is 0 Å². The van der Waals surface area contributed by atoms with E-state index in [1.165, 1.54) is 44.9 Å². The molecule has 2 N–H and O–H groups in total. The lowest BCUT2D eigenvalue weighted by atomic mass is 9.75. The molecule has 2 nitrogen and oxygen atoms in total. The Hall–Kier alpha value is -0.0800. The molecule has 0 atom stereocenters. The zero-order chi connectivity index (χ0) is 15.4. The van der Waals surface area contributed by atoms with Crippen LogP contribution in [-0.2, 0) is 0 Å². The van der Waals surface area contributed by atoms with E-state index < -0.39 is 0 Å². The molecule has 0 aromatic rings. The van der Waals surface area contributed by atoms with Crippen molar-refractivity contribution in [2.75, 3.05) is 6.61 Å². The van der Waals surface area contributed by atoms with Crippen LogP contribution in [0.5, 0.6) is 0 Å². The van der Waals surface area contributed by atoms with Gasteiger partial charge in [0.1, 0.15) is 0 Å². The summed E-state index contributed by atoms with van der Waals surface area (Å²) in [4.78, 5) is 0. The van der Waals surface area contributed by atoms with E-state index in [0.29, 0.717) is 6.61 Å². The van der Waals surface area contributed by atoms with Gasteiger partial charge < -0.3 is 10.2 Å². The predicted octanol–water partition coefficient (Wildman–Crippen LogP) is 4.92. The van der Waals surface area contributed by atoms with Crippen LogP contribution in [0, 0.1) is 11.8 Å². The Bertz CT molecular complexity index is 195. The standard InChI is InChI=1S/C10H20O.C8H18O/c1-8(2)9-4-6-10(3,11)7-5-9;1-2-3-4-5-6-7-8-9/h8-9,11H,4-7H2,1-3H3;9H,2-8H2,1H3. The Morgan fingerprint density at radius 2 is 1.50 bits per heavy atom. The van der Waals surface area contributed by atoms with Gasteiger partial charge in [0, 0.05) is 6.61 Å². The lowest BCUT2D eigenvalue weighted by Gasteiger charge is -2.34. The maximum Gasteiger partial charge on any atom is 0.0620 e. The molecule has 0 radical (unpaired) electrons.